The van der Waals surface area contributed by atoms with Gasteiger partial charge in [0.1, 0.15) is 12.2 Å². The molecule has 4 nitrogen and oxygen atoms in total. The molecule has 1 aromatic rings. The van der Waals surface area contributed by atoms with Gasteiger partial charge in [-0.3, -0.25) is 0 Å². The fraction of sp³-hybridized carbons (Fsp3) is 0.438. The molecule has 0 bridgehead atoms. The molecular weight excluding hydrogens is 254 g/mol. The molecule has 108 valence electrons. The van der Waals surface area contributed by atoms with Crippen molar-refractivity contribution in [2.75, 3.05) is 0 Å². The van der Waals surface area contributed by atoms with Gasteiger partial charge in [0.2, 0.25) is 0 Å². The summed E-state index contributed by atoms with van der Waals surface area (Å²) in [5.74, 6) is 5.49. The van der Waals surface area contributed by atoms with E-state index in [4.69, 9.17) is 4.74 Å². The molecule has 0 aromatic heterocycles. The molecule has 20 heavy (non-hydrogen) atoms. The fourth-order valence-corrected chi connectivity index (χ4v) is 1.35. The van der Waals surface area contributed by atoms with Gasteiger partial charge in [0.15, 0.2) is 0 Å². The van der Waals surface area contributed by atoms with Crippen LogP contribution in [-0.2, 0) is 11.3 Å². The van der Waals surface area contributed by atoms with Crippen molar-refractivity contribution in [3.05, 3.63) is 35.9 Å². The molecule has 0 atom stereocenters. The Labute approximate surface area is 120 Å². The minimum atomic E-state index is -1.09. The van der Waals surface area contributed by atoms with Crippen molar-refractivity contribution in [3.63, 3.8) is 0 Å². The molecule has 2 N–H and O–H groups in total. The van der Waals surface area contributed by atoms with Gasteiger partial charge in [-0.05, 0) is 33.3 Å². The van der Waals surface area contributed by atoms with Crippen molar-refractivity contribution in [3.8, 4) is 11.8 Å². The van der Waals surface area contributed by atoms with Crippen LogP contribution in [-0.4, -0.2) is 22.3 Å². The van der Waals surface area contributed by atoms with Gasteiger partial charge in [0, 0.05) is 0 Å². The number of amides is 1. The second kappa shape index (κ2) is 6.44. The molecule has 0 saturated carbocycles. The first kappa shape index (κ1) is 16.1. The Balaban J connectivity index is 2.50. The number of hydrogen-bond donors (Lipinski definition) is 2. The highest BCUT2D eigenvalue weighted by Crippen LogP contribution is 2.05. The van der Waals surface area contributed by atoms with E-state index < -0.39 is 17.2 Å². The summed E-state index contributed by atoms with van der Waals surface area (Å²) in [4.78, 5) is 11.7. The van der Waals surface area contributed by atoms with E-state index in [9.17, 15) is 9.90 Å². The van der Waals surface area contributed by atoms with Crippen LogP contribution in [0.2, 0.25) is 0 Å². The number of hydrogen-bond acceptors (Lipinski definition) is 3. The standard InChI is InChI=1S/C16H21NO3/c1-15(2,10-11-16(3,4)19)17-14(18)20-12-13-8-6-5-7-9-13/h5-9,19H,12H2,1-4H3,(H,17,18). The van der Waals surface area contributed by atoms with Gasteiger partial charge in [-0.25, -0.2) is 4.79 Å². The number of rotatable bonds is 3. The number of alkyl carbamates (subject to hydrolysis) is 1. The Morgan fingerprint density at radius 3 is 2.35 bits per heavy atom. The van der Waals surface area contributed by atoms with Crippen molar-refractivity contribution in [2.45, 2.75) is 45.4 Å². The molecule has 0 aliphatic heterocycles. The van der Waals surface area contributed by atoms with Gasteiger partial charge in [0.05, 0.1) is 5.54 Å². The number of carbonyl (C=O) groups is 1. The summed E-state index contributed by atoms with van der Waals surface area (Å²) in [6.07, 6.45) is -0.538. The highest BCUT2D eigenvalue weighted by atomic mass is 16.5. The summed E-state index contributed by atoms with van der Waals surface area (Å²) in [7, 11) is 0. The van der Waals surface area contributed by atoms with E-state index in [2.05, 4.69) is 17.2 Å². The van der Waals surface area contributed by atoms with Crippen LogP contribution in [0.1, 0.15) is 33.3 Å². The molecule has 0 heterocycles. The van der Waals surface area contributed by atoms with Gasteiger partial charge in [-0.1, -0.05) is 42.2 Å². The highest BCUT2D eigenvalue weighted by Gasteiger charge is 2.19. The molecule has 0 fully saturated rings. The quantitative estimate of drug-likeness (QED) is 0.833. The number of ether oxygens (including phenoxy) is 1. The Hall–Kier alpha value is -1.99. The second-order valence-electron chi connectivity index (χ2n) is 5.62. The number of aliphatic hydroxyl groups is 1. The molecule has 1 rings (SSSR count). The zero-order valence-corrected chi connectivity index (χ0v) is 12.4. The van der Waals surface area contributed by atoms with Crippen LogP contribution in [0, 0.1) is 11.8 Å². The number of carbonyl (C=O) groups excluding carboxylic acids is 1. The van der Waals surface area contributed by atoms with Crippen LogP contribution >= 0.6 is 0 Å². The van der Waals surface area contributed by atoms with E-state index in [1.165, 1.54) is 0 Å². The first-order valence-electron chi connectivity index (χ1n) is 6.43. The van der Waals surface area contributed by atoms with Crippen LogP contribution in [0.15, 0.2) is 30.3 Å². The Bertz CT molecular complexity index is 504. The SMILES string of the molecule is CC(C)(O)C#CC(C)(C)NC(=O)OCc1ccccc1. The highest BCUT2D eigenvalue weighted by molar-refractivity contribution is 5.69. The number of nitrogens with one attached hydrogen (secondary N) is 1. The average Bonchev–Trinajstić information content (AvgIpc) is 2.34. The molecule has 0 aliphatic rings. The van der Waals surface area contributed by atoms with Gasteiger partial charge in [0.25, 0.3) is 0 Å². The lowest BCUT2D eigenvalue weighted by Gasteiger charge is -2.20. The predicted octanol–water partition coefficient (Wildman–Crippen LogP) is 2.47. The van der Waals surface area contributed by atoms with Crippen molar-refractivity contribution < 1.29 is 14.6 Å². The van der Waals surface area contributed by atoms with Crippen LogP contribution < -0.4 is 5.32 Å². The zero-order valence-electron chi connectivity index (χ0n) is 12.4. The van der Waals surface area contributed by atoms with E-state index in [0.29, 0.717) is 0 Å². The summed E-state index contributed by atoms with van der Waals surface area (Å²) in [5, 5.41) is 12.2. The fourth-order valence-electron chi connectivity index (χ4n) is 1.35. The lowest BCUT2D eigenvalue weighted by molar-refractivity contribution is 0.132. The summed E-state index contributed by atoms with van der Waals surface area (Å²) in [6.45, 7) is 6.88. The first-order valence-corrected chi connectivity index (χ1v) is 6.43. The first-order chi connectivity index (χ1) is 9.18. The minimum Gasteiger partial charge on any atom is -0.445 e. The molecule has 0 radical (unpaired) electrons. The van der Waals surface area contributed by atoms with E-state index in [-0.39, 0.29) is 6.61 Å². The molecule has 1 amide bonds. The van der Waals surface area contributed by atoms with Gasteiger partial charge in [-0.15, -0.1) is 0 Å². The van der Waals surface area contributed by atoms with Crippen molar-refractivity contribution >= 4 is 6.09 Å². The average molecular weight is 275 g/mol. The third-order valence-corrected chi connectivity index (χ3v) is 2.31. The molecule has 0 spiro atoms. The molecule has 0 saturated heterocycles. The lowest BCUT2D eigenvalue weighted by Crippen LogP contribution is -2.42. The molecule has 0 unspecified atom stereocenters. The van der Waals surface area contributed by atoms with Gasteiger partial charge in [-0.2, -0.15) is 0 Å². The van der Waals surface area contributed by atoms with Gasteiger partial charge < -0.3 is 15.2 Å². The Morgan fingerprint density at radius 1 is 1.20 bits per heavy atom. The Morgan fingerprint density at radius 2 is 1.80 bits per heavy atom. The smallest absolute Gasteiger partial charge is 0.408 e. The summed E-state index contributed by atoms with van der Waals surface area (Å²) >= 11 is 0. The maximum atomic E-state index is 11.7. The van der Waals surface area contributed by atoms with Crippen LogP contribution in [0.4, 0.5) is 4.79 Å². The normalized spacial score (nSPS) is 11.2. The summed E-state index contributed by atoms with van der Waals surface area (Å²) in [6, 6.07) is 9.43. The monoisotopic (exact) mass is 275 g/mol. The van der Waals surface area contributed by atoms with E-state index in [1.807, 2.05) is 30.3 Å². The van der Waals surface area contributed by atoms with Crippen molar-refractivity contribution in [1.29, 1.82) is 0 Å². The van der Waals surface area contributed by atoms with Crippen molar-refractivity contribution in [2.24, 2.45) is 0 Å². The predicted molar refractivity (Wildman–Crippen MR) is 77.9 cm³/mol. The molecule has 0 aliphatic carbocycles. The lowest BCUT2D eigenvalue weighted by atomic mass is 10.0. The minimum absolute atomic E-state index is 0.210. The van der Waals surface area contributed by atoms with E-state index >= 15 is 0 Å². The topological polar surface area (TPSA) is 58.6 Å². The second-order valence-corrected chi connectivity index (χ2v) is 5.62. The molecule has 4 heteroatoms. The Kier molecular flexibility index (Phi) is 5.18. The van der Waals surface area contributed by atoms with Crippen LogP contribution in [0.5, 0.6) is 0 Å². The van der Waals surface area contributed by atoms with Crippen LogP contribution in [0.3, 0.4) is 0 Å². The third kappa shape index (κ3) is 6.81. The van der Waals surface area contributed by atoms with Crippen LogP contribution in [0.25, 0.3) is 0 Å². The van der Waals surface area contributed by atoms with Gasteiger partial charge >= 0.3 is 6.09 Å². The summed E-state index contributed by atoms with van der Waals surface area (Å²) in [5.41, 5.74) is -0.941. The third-order valence-electron chi connectivity index (χ3n) is 2.31. The largest absolute Gasteiger partial charge is 0.445 e. The molecule has 1 aromatic carbocycles. The maximum Gasteiger partial charge on any atom is 0.408 e. The van der Waals surface area contributed by atoms with E-state index in [1.54, 1.807) is 27.7 Å². The van der Waals surface area contributed by atoms with Crippen molar-refractivity contribution in [1.82, 2.24) is 5.32 Å². The number of benzene rings is 1. The zero-order chi connectivity index (χ0) is 15.2. The van der Waals surface area contributed by atoms with E-state index in [0.717, 1.165) is 5.56 Å². The molecular formula is C16H21NO3. The summed E-state index contributed by atoms with van der Waals surface area (Å²) < 4.78 is 5.12. The maximum absolute atomic E-state index is 11.7.